The predicted octanol–water partition coefficient (Wildman–Crippen LogP) is 7.07. The van der Waals surface area contributed by atoms with Gasteiger partial charge in [-0.1, -0.05) is 39.0 Å². The molecule has 1 aliphatic heterocycles. The number of benzene rings is 4. The van der Waals surface area contributed by atoms with Crippen LogP contribution in [0.3, 0.4) is 0 Å². The zero-order valence-electron chi connectivity index (χ0n) is 24.6. The van der Waals surface area contributed by atoms with Crippen LogP contribution in [0.4, 0.5) is 25.0 Å². The summed E-state index contributed by atoms with van der Waals surface area (Å²) in [5.74, 6) is -0.532. The van der Waals surface area contributed by atoms with E-state index < -0.39 is 15.8 Å². The smallest absolute Gasteiger partial charge is 0.322 e. The van der Waals surface area contributed by atoms with E-state index in [-0.39, 0.29) is 53.4 Å². The molecule has 8 nitrogen and oxygen atoms in total. The highest BCUT2D eigenvalue weighted by Crippen LogP contribution is 2.29. The molecule has 230 valence electrons. The summed E-state index contributed by atoms with van der Waals surface area (Å²) in [5.41, 5.74) is 3.11. The molecule has 0 saturated carbocycles. The van der Waals surface area contributed by atoms with Crippen LogP contribution in [0.2, 0.25) is 0 Å². The number of nitrogens with one attached hydrogen (secondary N) is 2. The molecule has 0 radical (unpaired) electrons. The fourth-order valence-electron chi connectivity index (χ4n) is 4.66. The van der Waals surface area contributed by atoms with Crippen LogP contribution in [-0.2, 0) is 28.5 Å². The molecule has 1 heterocycles. The van der Waals surface area contributed by atoms with E-state index in [0.717, 1.165) is 17.2 Å². The predicted molar refractivity (Wildman–Crippen MR) is 164 cm³/mol. The maximum absolute atomic E-state index is 14.8. The lowest BCUT2D eigenvalue weighted by molar-refractivity contribution is 0.212. The van der Waals surface area contributed by atoms with Crippen molar-refractivity contribution in [2.75, 3.05) is 23.3 Å². The molecule has 44 heavy (non-hydrogen) atoms. The summed E-state index contributed by atoms with van der Waals surface area (Å²) in [5, 5.41) is 2.90. The van der Waals surface area contributed by atoms with Gasteiger partial charge in [-0.25, -0.2) is 22.0 Å². The standard InChI is InChI=1S/C33H33F2N3O5S/c1-33(2,3)24-5-9-26(10-6-24)36-32(39)38-20-22-4-14-29(18-23(22)21-38)44(40,41)37-31-15-13-28(19-30(31)35)43-17-16-42-27-11-7-25(34)8-12-27/h4-15,18-19,37H,16-17,20-21H2,1-3H3,(H,36,39). The van der Waals surface area contributed by atoms with Crippen molar-refractivity contribution >= 4 is 27.4 Å². The van der Waals surface area contributed by atoms with Crippen LogP contribution in [0.25, 0.3) is 0 Å². The molecule has 0 unspecified atom stereocenters. The zero-order valence-corrected chi connectivity index (χ0v) is 25.4. The summed E-state index contributed by atoms with van der Waals surface area (Å²) in [6, 6.07) is 21.3. The van der Waals surface area contributed by atoms with Crippen LogP contribution >= 0.6 is 0 Å². The molecule has 0 saturated heterocycles. The van der Waals surface area contributed by atoms with Crippen LogP contribution < -0.4 is 19.5 Å². The Morgan fingerprint density at radius 3 is 2.11 bits per heavy atom. The molecule has 0 aromatic heterocycles. The van der Waals surface area contributed by atoms with E-state index in [1.54, 1.807) is 11.0 Å². The molecular formula is C33H33F2N3O5S. The average Bonchev–Trinajstić information content (AvgIpc) is 3.41. The van der Waals surface area contributed by atoms with Gasteiger partial charge >= 0.3 is 6.03 Å². The van der Waals surface area contributed by atoms with Crippen molar-refractivity contribution in [3.05, 3.63) is 113 Å². The molecule has 0 fully saturated rings. The van der Waals surface area contributed by atoms with Gasteiger partial charge in [-0.2, -0.15) is 0 Å². The van der Waals surface area contributed by atoms with E-state index in [4.69, 9.17) is 9.47 Å². The highest BCUT2D eigenvalue weighted by molar-refractivity contribution is 7.92. The summed E-state index contributed by atoms with van der Waals surface area (Å²) in [6.07, 6.45) is 0. The second kappa shape index (κ2) is 12.5. The number of amides is 2. The van der Waals surface area contributed by atoms with Crippen LogP contribution in [0.1, 0.15) is 37.5 Å². The Hall–Kier alpha value is -4.64. The molecule has 0 aliphatic carbocycles. The number of fused-ring (bicyclic) bond motifs is 1. The minimum atomic E-state index is -4.12. The van der Waals surface area contributed by atoms with E-state index in [1.807, 2.05) is 24.3 Å². The second-order valence-corrected chi connectivity index (χ2v) is 13.1. The molecule has 5 rings (SSSR count). The Kier molecular flexibility index (Phi) is 8.78. The van der Waals surface area contributed by atoms with Gasteiger partial charge in [-0.3, -0.25) is 4.72 Å². The lowest BCUT2D eigenvalue weighted by Crippen LogP contribution is -2.30. The fraction of sp³-hybridized carbons (Fsp3) is 0.242. The van der Waals surface area contributed by atoms with Crippen molar-refractivity contribution in [1.29, 1.82) is 0 Å². The summed E-state index contributed by atoms with van der Waals surface area (Å²) in [6.45, 7) is 7.15. The van der Waals surface area contributed by atoms with Crippen molar-refractivity contribution < 1.29 is 31.5 Å². The van der Waals surface area contributed by atoms with Crippen molar-refractivity contribution in [2.24, 2.45) is 0 Å². The minimum Gasteiger partial charge on any atom is -0.490 e. The number of ether oxygens (including phenoxy) is 2. The number of carbonyl (C=O) groups excluding carboxylic acids is 1. The lowest BCUT2D eigenvalue weighted by atomic mass is 9.87. The molecule has 0 bridgehead atoms. The van der Waals surface area contributed by atoms with E-state index >= 15 is 0 Å². The summed E-state index contributed by atoms with van der Waals surface area (Å²) in [4.78, 5) is 14.5. The molecule has 1 aliphatic rings. The first-order valence-corrected chi connectivity index (χ1v) is 15.5. The largest absolute Gasteiger partial charge is 0.490 e. The summed E-state index contributed by atoms with van der Waals surface area (Å²) >= 11 is 0. The number of urea groups is 1. The highest BCUT2D eigenvalue weighted by Gasteiger charge is 2.26. The van der Waals surface area contributed by atoms with Gasteiger partial charge in [0.1, 0.15) is 30.5 Å². The van der Waals surface area contributed by atoms with Gasteiger partial charge in [0.05, 0.1) is 10.6 Å². The average molecular weight is 622 g/mol. The van der Waals surface area contributed by atoms with Gasteiger partial charge in [0.2, 0.25) is 0 Å². The number of carbonyl (C=O) groups is 1. The third-order valence-corrected chi connectivity index (χ3v) is 8.48. The fourth-order valence-corrected chi connectivity index (χ4v) is 5.78. The monoisotopic (exact) mass is 621 g/mol. The van der Waals surface area contributed by atoms with E-state index in [9.17, 15) is 22.0 Å². The maximum atomic E-state index is 14.8. The van der Waals surface area contributed by atoms with Gasteiger partial charge < -0.3 is 19.7 Å². The first-order chi connectivity index (χ1) is 20.9. The topological polar surface area (TPSA) is 97.0 Å². The van der Waals surface area contributed by atoms with Gasteiger partial charge in [0, 0.05) is 24.8 Å². The van der Waals surface area contributed by atoms with Crippen LogP contribution in [0.15, 0.2) is 89.8 Å². The van der Waals surface area contributed by atoms with E-state index in [1.165, 1.54) is 48.5 Å². The number of hydrogen-bond acceptors (Lipinski definition) is 5. The molecule has 4 aromatic carbocycles. The molecule has 0 atom stereocenters. The Morgan fingerprint density at radius 2 is 1.45 bits per heavy atom. The summed E-state index contributed by atoms with van der Waals surface area (Å²) in [7, 11) is -4.12. The van der Waals surface area contributed by atoms with Crippen molar-refractivity contribution in [1.82, 2.24) is 4.90 Å². The molecule has 2 amide bonds. The van der Waals surface area contributed by atoms with E-state index in [0.29, 0.717) is 23.5 Å². The third kappa shape index (κ3) is 7.46. The number of anilines is 2. The van der Waals surface area contributed by atoms with Gasteiger partial charge in [-0.15, -0.1) is 0 Å². The number of rotatable bonds is 9. The van der Waals surface area contributed by atoms with Crippen molar-refractivity contribution in [3.8, 4) is 11.5 Å². The normalized spacial score (nSPS) is 12.9. The van der Waals surface area contributed by atoms with Gasteiger partial charge in [0.25, 0.3) is 10.0 Å². The van der Waals surface area contributed by atoms with Crippen molar-refractivity contribution in [2.45, 2.75) is 44.2 Å². The summed E-state index contributed by atoms with van der Waals surface area (Å²) < 4.78 is 67.2. The first kappa shape index (κ1) is 30.8. The quantitative estimate of drug-likeness (QED) is 0.195. The Balaban J connectivity index is 1.16. The van der Waals surface area contributed by atoms with Crippen LogP contribution in [0.5, 0.6) is 11.5 Å². The number of nitrogens with zero attached hydrogens (tertiary/aromatic N) is 1. The number of halogens is 2. The maximum Gasteiger partial charge on any atom is 0.322 e. The SMILES string of the molecule is CC(C)(C)c1ccc(NC(=O)N2Cc3ccc(S(=O)(=O)Nc4ccc(OCCOc5ccc(F)cc5)cc4F)cc3C2)cc1. The van der Waals surface area contributed by atoms with Crippen LogP contribution in [0, 0.1) is 11.6 Å². The lowest BCUT2D eigenvalue weighted by Gasteiger charge is -2.20. The van der Waals surface area contributed by atoms with Crippen LogP contribution in [-0.4, -0.2) is 32.6 Å². The Labute approximate surface area is 255 Å². The van der Waals surface area contributed by atoms with Gasteiger partial charge in [0.15, 0.2) is 5.82 Å². The molecule has 4 aromatic rings. The second-order valence-electron chi connectivity index (χ2n) is 11.4. The zero-order chi connectivity index (χ0) is 31.5. The molecule has 2 N–H and O–H groups in total. The number of sulfonamides is 1. The Morgan fingerprint density at radius 1 is 0.818 bits per heavy atom. The van der Waals surface area contributed by atoms with Gasteiger partial charge in [-0.05, 0) is 82.8 Å². The first-order valence-electron chi connectivity index (χ1n) is 14.0. The van der Waals surface area contributed by atoms with Crippen molar-refractivity contribution in [3.63, 3.8) is 0 Å². The number of hydrogen-bond donors (Lipinski definition) is 2. The highest BCUT2D eigenvalue weighted by atomic mass is 32.2. The molecule has 0 spiro atoms. The third-order valence-electron chi connectivity index (χ3n) is 7.12. The Bertz CT molecular complexity index is 1760. The molecule has 11 heteroatoms. The van der Waals surface area contributed by atoms with E-state index in [2.05, 4.69) is 30.8 Å². The molecular weight excluding hydrogens is 588 g/mol. The minimum absolute atomic E-state index is 0.000604.